The SMILES string of the molecule is CCOCc1sc(Oc2ccc(C(F)(F)F)cc2)nc1-c1ccc(C(=O)N[C@@H](CO)c2ccc(S(=O)(=O)CC)cc2)cc1. The largest absolute Gasteiger partial charge is 0.431 e. The van der Waals surface area contributed by atoms with E-state index < -0.39 is 40.1 Å². The first-order chi connectivity index (χ1) is 20.4. The van der Waals surface area contributed by atoms with E-state index in [1.807, 2.05) is 6.92 Å². The van der Waals surface area contributed by atoms with Crippen molar-refractivity contribution >= 4 is 27.1 Å². The zero-order valence-electron chi connectivity index (χ0n) is 23.2. The van der Waals surface area contributed by atoms with Gasteiger partial charge >= 0.3 is 6.18 Å². The Kier molecular flexibility index (Phi) is 10.2. The molecule has 0 saturated heterocycles. The molecule has 0 spiro atoms. The second kappa shape index (κ2) is 13.7. The first kappa shape index (κ1) is 32.1. The number of carbonyl (C=O) groups excluding carboxylic acids is 1. The lowest BCUT2D eigenvalue weighted by Gasteiger charge is -2.17. The lowest BCUT2D eigenvalue weighted by molar-refractivity contribution is -0.137. The molecule has 2 N–H and O–H groups in total. The molecule has 8 nitrogen and oxygen atoms in total. The number of halogens is 3. The predicted molar refractivity (Wildman–Crippen MR) is 156 cm³/mol. The minimum absolute atomic E-state index is 0.0377. The van der Waals surface area contributed by atoms with Crippen LogP contribution in [0.15, 0.2) is 77.7 Å². The average molecular weight is 635 g/mol. The molecule has 1 aromatic heterocycles. The van der Waals surface area contributed by atoms with Crippen LogP contribution in [-0.2, 0) is 27.4 Å². The number of ether oxygens (including phenoxy) is 2. The number of alkyl halides is 3. The van der Waals surface area contributed by atoms with E-state index in [2.05, 4.69) is 10.3 Å². The van der Waals surface area contributed by atoms with Crippen molar-refractivity contribution in [3.63, 3.8) is 0 Å². The van der Waals surface area contributed by atoms with Gasteiger partial charge in [0.15, 0.2) is 9.84 Å². The summed E-state index contributed by atoms with van der Waals surface area (Å²) in [5.74, 6) is -0.289. The molecule has 13 heteroatoms. The monoisotopic (exact) mass is 634 g/mol. The molecule has 0 aliphatic carbocycles. The molecule has 228 valence electrons. The Hall–Kier alpha value is -3.78. The maximum absolute atomic E-state index is 13.0. The third-order valence-electron chi connectivity index (χ3n) is 6.43. The zero-order valence-corrected chi connectivity index (χ0v) is 24.9. The Bertz CT molecular complexity index is 1640. The maximum Gasteiger partial charge on any atom is 0.416 e. The van der Waals surface area contributed by atoms with Crippen molar-refractivity contribution in [1.29, 1.82) is 0 Å². The van der Waals surface area contributed by atoms with Crippen molar-refractivity contribution in [3.05, 3.63) is 94.4 Å². The van der Waals surface area contributed by atoms with Crippen LogP contribution in [0.3, 0.4) is 0 Å². The van der Waals surface area contributed by atoms with Gasteiger partial charge in [-0.25, -0.2) is 13.4 Å². The third-order valence-corrected chi connectivity index (χ3v) is 9.09. The van der Waals surface area contributed by atoms with Gasteiger partial charge in [0.25, 0.3) is 11.1 Å². The van der Waals surface area contributed by atoms with Gasteiger partial charge in [0.05, 0.1) is 46.0 Å². The topological polar surface area (TPSA) is 115 Å². The van der Waals surface area contributed by atoms with Crippen molar-refractivity contribution in [2.75, 3.05) is 19.0 Å². The quantitative estimate of drug-likeness (QED) is 0.185. The summed E-state index contributed by atoms with van der Waals surface area (Å²) in [6.45, 7) is 3.68. The van der Waals surface area contributed by atoms with Crippen LogP contribution in [0.5, 0.6) is 10.9 Å². The summed E-state index contributed by atoms with van der Waals surface area (Å²) in [6.07, 6.45) is -4.45. The predicted octanol–water partition coefficient (Wildman–Crippen LogP) is 6.41. The number of amides is 1. The standard InChI is InChI=1S/C30H29F3N2O6S2/c1-3-40-18-26-27(35-29(42-26)41-23-13-11-22(12-14-23)30(31,32)33)20-5-7-21(8-6-20)28(37)34-25(17-36)19-9-15-24(16-10-19)43(38,39)4-2/h5-16,25,36H,3-4,17-18H2,1-2H3,(H,34,37)/t25-/m0/s1. The summed E-state index contributed by atoms with van der Waals surface area (Å²) in [5, 5.41) is 12.9. The number of benzene rings is 3. The molecule has 1 atom stereocenters. The fourth-order valence-electron chi connectivity index (χ4n) is 4.03. The molecule has 3 aromatic carbocycles. The minimum Gasteiger partial charge on any atom is -0.431 e. The number of hydrogen-bond donors (Lipinski definition) is 2. The Morgan fingerprint density at radius 1 is 1.00 bits per heavy atom. The highest BCUT2D eigenvalue weighted by Gasteiger charge is 2.30. The highest BCUT2D eigenvalue weighted by atomic mass is 32.2. The van der Waals surface area contributed by atoms with Crippen LogP contribution >= 0.6 is 11.3 Å². The first-order valence-electron chi connectivity index (χ1n) is 13.2. The number of sulfone groups is 1. The summed E-state index contributed by atoms with van der Waals surface area (Å²) in [7, 11) is -3.38. The van der Waals surface area contributed by atoms with Crippen molar-refractivity contribution in [1.82, 2.24) is 10.3 Å². The van der Waals surface area contributed by atoms with E-state index in [4.69, 9.17) is 9.47 Å². The van der Waals surface area contributed by atoms with Gasteiger partial charge in [-0.15, -0.1) is 0 Å². The van der Waals surface area contributed by atoms with Gasteiger partial charge in [-0.05, 0) is 61.0 Å². The van der Waals surface area contributed by atoms with Crippen LogP contribution in [0, 0.1) is 0 Å². The van der Waals surface area contributed by atoms with Crippen LogP contribution in [0.1, 0.15) is 46.3 Å². The third kappa shape index (κ3) is 7.99. The molecule has 0 aliphatic rings. The number of nitrogens with zero attached hydrogens (tertiary/aromatic N) is 1. The molecule has 0 aliphatic heterocycles. The average Bonchev–Trinajstić information content (AvgIpc) is 3.40. The first-order valence-corrected chi connectivity index (χ1v) is 15.7. The number of carbonyl (C=O) groups is 1. The summed E-state index contributed by atoms with van der Waals surface area (Å²) in [4.78, 5) is 18.4. The van der Waals surface area contributed by atoms with Gasteiger partial charge in [0.2, 0.25) is 0 Å². The zero-order chi connectivity index (χ0) is 31.2. The fraction of sp³-hybridized carbons (Fsp3) is 0.267. The molecule has 0 fully saturated rings. The van der Waals surface area contributed by atoms with Crippen LogP contribution in [0.2, 0.25) is 0 Å². The van der Waals surface area contributed by atoms with E-state index in [1.54, 1.807) is 43.3 Å². The Balaban J connectivity index is 1.50. The molecule has 0 radical (unpaired) electrons. The summed E-state index contributed by atoms with van der Waals surface area (Å²) >= 11 is 1.20. The highest BCUT2D eigenvalue weighted by molar-refractivity contribution is 7.91. The van der Waals surface area contributed by atoms with Gasteiger partial charge in [-0.1, -0.05) is 42.5 Å². The normalized spacial score (nSPS) is 12.6. The lowest BCUT2D eigenvalue weighted by atomic mass is 10.1. The fourth-order valence-corrected chi connectivity index (χ4v) is 5.81. The number of nitrogens with one attached hydrogen (secondary N) is 1. The number of aliphatic hydroxyl groups is 1. The summed E-state index contributed by atoms with van der Waals surface area (Å²) in [5.41, 5.74) is 1.28. The number of rotatable bonds is 12. The van der Waals surface area contributed by atoms with E-state index in [9.17, 15) is 31.5 Å². The molecule has 1 amide bonds. The van der Waals surface area contributed by atoms with E-state index in [-0.39, 0.29) is 28.2 Å². The van der Waals surface area contributed by atoms with Gasteiger partial charge in [-0.3, -0.25) is 4.79 Å². The minimum atomic E-state index is -4.45. The maximum atomic E-state index is 13.0. The molecule has 0 unspecified atom stereocenters. The number of hydrogen-bond acceptors (Lipinski definition) is 8. The van der Waals surface area contributed by atoms with Crippen molar-refractivity contribution in [3.8, 4) is 22.2 Å². The molecule has 0 saturated carbocycles. The number of aliphatic hydroxyl groups excluding tert-OH is 1. The number of thiazole rings is 1. The van der Waals surface area contributed by atoms with Crippen molar-refractivity contribution in [2.45, 2.75) is 37.6 Å². The summed E-state index contributed by atoms with van der Waals surface area (Å²) in [6, 6.07) is 16.1. The molecule has 1 heterocycles. The van der Waals surface area contributed by atoms with Crippen LogP contribution in [0.25, 0.3) is 11.3 Å². The van der Waals surface area contributed by atoms with E-state index >= 15 is 0 Å². The van der Waals surface area contributed by atoms with Gasteiger partial charge in [0, 0.05) is 17.7 Å². The van der Waals surface area contributed by atoms with Crippen LogP contribution < -0.4 is 10.1 Å². The molecule has 43 heavy (non-hydrogen) atoms. The van der Waals surface area contributed by atoms with Gasteiger partial charge in [0.1, 0.15) is 5.75 Å². The molecule has 0 bridgehead atoms. The number of aromatic nitrogens is 1. The van der Waals surface area contributed by atoms with Crippen molar-refractivity contribution < 1.29 is 41.0 Å². The smallest absolute Gasteiger partial charge is 0.416 e. The van der Waals surface area contributed by atoms with Gasteiger partial charge in [-0.2, -0.15) is 13.2 Å². The highest BCUT2D eigenvalue weighted by Crippen LogP contribution is 2.37. The van der Waals surface area contributed by atoms with Crippen molar-refractivity contribution in [2.24, 2.45) is 0 Å². The lowest BCUT2D eigenvalue weighted by Crippen LogP contribution is -2.30. The Morgan fingerprint density at radius 2 is 1.65 bits per heavy atom. The molecular weight excluding hydrogens is 605 g/mol. The summed E-state index contributed by atoms with van der Waals surface area (Å²) < 4.78 is 74.1. The van der Waals surface area contributed by atoms with E-state index in [1.165, 1.54) is 35.6 Å². The second-order valence-electron chi connectivity index (χ2n) is 9.27. The van der Waals surface area contributed by atoms with E-state index in [0.717, 1.165) is 17.0 Å². The Labute approximate surface area is 251 Å². The molecule has 4 aromatic rings. The van der Waals surface area contributed by atoms with Crippen LogP contribution in [0.4, 0.5) is 13.2 Å². The molecular formula is C30H29F3N2O6S2. The Morgan fingerprint density at radius 3 is 2.21 bits per heavy atom. The molecule has 4 rings (SSSR count). The van der Waals surface area contributed by atoms with Gasteiger partial charge < -0.3 is 19.9 Å². The second-order valence-corrected chi connectivity index (χ2v) is 12.6. The van der Waals surface area contributed by atoms with E-state index in [0.29, 0.717) is 29.0 Å². The van der Waals surface area contributed by atoms with Crippen LogP contribution in [-0.4, -0.2) is 43.4 Å².